The van der Waals surface area contributed by atoms with Gasteiger partial charge in [0, 0.05) is 36.2 Å². The van der Waals surface area contributed by atoms with Crippen LogP contribution in [0.4, 0.5) is 5.69 Å². The smallest absolute Gasteiger partial charge is 0.227 e. The van der Waals surface area contributed by atoms with E-state index in [9.17, 15) is 14.4 Å². The van der Waals surface area contributed by atoms with Crippen molar-refractivity contribution in [3.8, 4) is 0 Å². The van der Waals surface area contributed by atoms with E-state index in [1.807, 2.05) is 30.3 Å². The van der Waals surface area contributed by atoms with E-state index >= 15 is 0 Å². The highest BCUT2D eigenvalue weighted by atomic mass is 16.2. The molecule has 0 saturated carbocycles. The van der Waals surface area contributed by atoms with Gasteiger partial charge in [0.15, 0.2) is 11.6 Å². The van der Waals surface area contributed by atoms with Crippen molar-refractivity contribution in [3.05, 3.63) is 65.2 Å². The Morgan fingerprint density at radius 1 is 0.958 bits per heavy atom. The van der Waals surface area contributed by atoms with Crippen molar-refractivity contribution >= 4 is 23.2 Å². The summed E-state index contributed by atoms with van der Waals surface area (Å²) in [5.74, 6) is -0.0417. The van der Waals surface area contributed by atoms with E-state index in [-0.39, 0.29) is 30.3 Å². The summed E-state index contributed by atoms with van der Waals surface area (Å²) in [5, 5.41) is 0. The third-order valence-electron chi connectivity index (χ3n) is 4.34. The predicted molar refractivity (Wildman–Crippen MR) is 92.5 cm³/mol. The molecule has 2 aromatic rings. The zero-order valence-electron chi connectivity index (χ0n) is 13.6. The van der Waals surface area contributed by atoms with Crippen LogP contribution in [0.3, 0.4) is 0 Å². The van der Waals surface area contributed by atoms with Crippen LogP contribution in [0.15, 0.2) is 48.5 Å². The Bertz CT molecular complexity index is 796. The van der Waals surface area contributed by atoms with E-state index in [1.165, 1.54) is 6.92 Å². The van der Waals surface area contributed by atoms with Gasteiger partial charge in [0.25, 0.3) is 0 Å². The minimum Gasteiger partial charge on any atom is -0.312 e. The molecule has 4 nitrogen and oxygen atoms in total. The number of hydrogen-bond donors (Lipinski definition) is 0. The summed E-state index contributed by atoms with van der Waals surface area (Å²) in [4.78, 5) is 37.8. The van der Waals surface area contributed by atoms with Gasteiger partial charge >= 0.3 is 0 Å². The Morgan fingerprint density at radius 2 is 1.71 bits per heavy atom. The Labute approximate surface area is 141 Å². The standard InChI is InChI=1S/C20H19NO3/c1-14(22)16-7-8-18-17(13-16)11-12-21(18)20(24)10-9-19(23)15-5-3-2-4-6-15/h2-8,13H,9-12H2,1H3. The lowest BCUT2D eigenvalue weighted by atomic mass is 10.1. The maximum Gasteiger partial charge on any atom is 0.227 e. The molecule has 4 heteroatoms. The number of carbonyl (C=O) groups is 3. The Hall–Kier alpha value is -2.75. The van der Waals surface area contributed by atoms with Crippen LogP contribution in [-0.2, 0) is 11.2 Å². The summed E-state index contributed by atoms with van der Waals surface area (Å²) in [6, 6.07) is 14.5. The van der Waals surface area contributed by atoms with E-state index < -0.39 is 0 Å². The second kappa shape index (κ2) is 6.79. The highest BCUT2D eigenvalue weighted by molar-refractivity contribution is 6.02. The number of nitrogens with zero attached hydrogens (tertiary/aromatic N) is 1. The molecule has 3 rings (SSSR count). The largest absolute Gasteiger partial charge is 0.312 e. The second-order valence-electron chi connectivity index (χ2n) is 5.98. The van der Waals surface area contributed by atoms with Crippen molar-refractivity contribution in [2.45, 2.75) is 26.2 Å². The summed E-state index contributed by atoms with van der Waals surface area (Å²) in [6.07, 6.45) is 1.15. The molecular weight excluding hydrogens is 302 g/mol. The van der Waals surface area contributed by atoms with Gasteiger partial charge in [-0.3, -0.25) is 14.4 Å². The first-order valence-corrected chi connectivity index (χ1v) is 8.09. The fraction of sp³-hybridized carbons (Fsp3) is 0.250. The average molecular weight is 321 g/mol. The van der Waals surface area contributed by atoms with Gasteiger partial charge in [-0.2, -0.15) is 0 Å². The van der Waals surface area contributed by atoms with Crippen molar-refractivity contribution in [1.82, 2.24) is 0 Å². The lowest BCUT2D eigenvalue weighted by Crippen LogP contribution is -2.29. The molecule has 1 aliphatic heterocycles. The topological polar surface area (TPSA) is 54.5 Å². The zero-order valence-corrected chi connectivity index (χ0v) is 13.6. The fourth-order valence-electron chi connectivity index (χ4n) is 3.00. The highest BCUT2D eigenvalue weighted by Gasteiger charge is 2.25. The van der Waals surface area contributed by atoms with E-state index in [1.54, 1.807) is 23.1 Å². The molecule has 0 radical (unpaired) electrons. The van der Waals surface area contributed by atoms with Gasteiger partial charge in [-0.1, -0.05) is 30.3 Å². The molecular formula is C20H19NO3. The van der Waals surface area contributed by atoms with Crippen molar-refractivity contribution in [3.63, 3.8) is 0 Å². The maximum absolute atomic E-state index is 12.5. The van der Waals surface area contributed by atoms with Crippen LogP contribution in [-0.4, -0.2) is 24.0 Å². The number of anilines is 1. The van der Waals surface area contributed by atoms with E-state index in [0.717, 1.165) is 17.7 Å². The number of benzene rings is 2. The van der Waals surface area contributed by atoms with Crippen LogP contribution < -0.4 is 4.90 Å². The van der Waals surface area contributed by atoms with Crippen molar-refractivity contribution < 1.29 is 14.4 Å². The SMILES string of the molecule is CC(=O)c1ccc2c(c1)CCN2C(=O)CCC(=O)c1ccccc1. The molecule has 0 saturated heterocycles. The minimum atomic E-state index is -0.0476. The molecule has 0 aromatic heterocycles. The third-order valence-corrected chi connectivity index (χ3v) is 4.34. The van der Waals surface area contributed by atoms with Crippen molar-refractivity contribution in [1.29, 1.82) is 0 Å². The summed E-state index contributed by atoms with van der Waals surface area (Å²) in [5.41, 5.74) is 3.18. The van der Waals surface area contributed by atoms with Crippen LogP contribution in [0.25, 0.3) is 0 Å². The molecule has 0 spiro atoms. The number of Topliss-reactive ketones (excluding diaryl/α,β-unsaturated/α-hetero) is 2. The van der Waals surface area contributed by atoms with E-state index in [0.29, 0.717) is 17.7 Å². The summed E-state index contributed by atoms with van der Waals surface area (Å²) < 4.78 is 0. The lowest BCUT2D eigenvalue weighted by molar-refractivity contribution is -0.118. The van der Waals surface area contributed by atoms with Gasteiger partial charge in [0.05, 0.1) is 0 Å². The molecule has 1 aliphatic rings. The van der Waals surface area contributed by atoms with Gasteiger partial charge in [-0.15, -0.1) is 0 Å². The van der Waals surface area contributed by atoms with Crippen LogP contribution in [0, 0.1) is 0 Å². The molecule has 0 bridgehead atoms. The molecule has 1 heterocycles. The molecule has 24 heavy (non-hydrogen) atoms. The molecule has 0 aliphatic carbocycles. The molecule has 2 aromatic carbocycles. The monoisotopic (exact) mass is 321 g/mol. The first kappa shape index (κ1) is 16.1. The minimum absolute atomic E-state index is 0.0182. The van der Waals surface area contributed by atoms with Crippen molar-refractivity contribution in [2.75, 3.05) is 11.4 Å². The van der Waals surface area contributed by atoms with E-state index in [4.69, 9.17) is 0 Å². The molecule has 0 fully saturated rings. The summed E-state index contributed by atoms with van der Waals surface area (Å²) >= 11 is 0. The molecule has 0 unspecified atom stereocenters. The van der Waals surface area contributed by atoms with E-state index in [2.05, 4.69) is 0 Å². The third kappa shape index (κ3) is 3.27. The fourth-order valence-corrected chi connectivity index (χ4v) is 3.00. The molecule has 122 valence electrons. The van der Waals surface area contributed by atoms with Gasteiger partial charge in [0.2, 0.25) is 5.91 Å². The number of carbonyl (C=O) groups excluding carboxylic acids is 3. The van der Waals surface area contributed by atoms with Gasteiger partial charge in [-0.05, 0) is 37.1 Å². The Morgan fingerprint density at radius 3 is 2.42 bits per heavy atom. The number of hydrogen-bond acceptors (Lipinski definition) is 3. The molecule has 0 N–H and O–H groups in total. The van der Waals surface area contributed by atoms with Crippen LogP contribution >= 0.6 is 0 Å². The molecule has 0 atom stereocenters. The number of amides is 1. The highest BCUT2D eigenvalue weighted by Crippen LogP contribution is 2.29. The van der Waals surface area contributed by atoms with Crippen LogP contribution in [0.5, 0.6) is 0 Å². The molecule has 1 amide bonds. The van der Waals surface area contributed by atoms with Gasteiger partial charge in [0.1, 0.15) is 0 Å². The summed E-state index contributed by atoms with van der Waals surface area (Å²) in [7, 11) is 0. The zero-order chi connectivity index (χ0) is 17.1. The number of fused-ring (bicyclic) bond motifs is 1. The lowest BCUT2D eigenvalue weighted by Gasteiger charge is -2.17. The number of ketones is 2. The van der Waals surface area contributed by atoms with Crippen molar-refractivity contribution in [2.24, 2.45) is 0 Å². The second-order valence-corrected chi connectivity index (χ2v) is 5.98. The average Bonchev–Trinajstić information content (AvgIpc) is 3.03. The van der Waals surface area contributed by atoms with Gasteiger partial charge in [-0.25, -0.2) is 0 Å². The predicted octanol–water partition coefficient (Wildman–Crippen LogP) is 3.44. The summed E-state index contributed by atoms with van der Waals surface area (Å²) in [6.45, 7) is 2.14. The maximum atomic E-state index is 12.5. The first-order chi connectivity index (χ1) is 11.6. The Kier molecular flexibility index (Phi) is 4.56. The normalized spacial score (nSPS) is 12.8. The Balaban J connectivity index is 1.66. The first-order valence-electron chi connectivity index (χ1n) is 8.09. The van der Waals surface area contributed by atoms with Gasteiger partial charge < -0.3 is 4.90 Å². The van der Waals surface area contributed by atoms with Crippen LogP contribution in [0.2, 0.25) is 0 Å². The quantitative estimate of drug-likeness (QED) is 0.793. The number of rotatable bonds is 5. The van der Waals surface area contributed by atoms with Crippen LogP contribution in [0.1, 0.15) is 46.0 Å².